The standard InChI is InChI=1S/C12H13BrO2/c1-8(14)7-12(9(2)15)10-3-5-11(13)6-4-10/h3-7,9,15H,1-2H3/b12-7+. The van der Waals surface area contributed by atoms with E-state index in [1.54, 1.807) is 6.92 Å². The van der Waals surface area contributed by atoms with Gasteiger partial charge in [0.1, 0.15) is 0 Å². The Hall–Kier alpha value is -0.930. The van der Waals surface area contributed by atoms with Crippen molar-refractivity contribution in [2.24, 2.45) is 0 Å². The highest BCUT2D eigenvalue weighted by molar-refractivity contribution is 9.10. The van der Waals surface area contributed by atoms with Crippen molar-refractivity contribution in [1.29, 1.82) is 0 Å². The van der Waals surface area contributed by atoms with Gasteiger partial charge in [-0.2, -0.15) is 0 Å². The Balaban J connectivity index is 3.10. The molecule has 15 heavy (non-hydrogen) atoms. The molecule has 1 N–H and O–H groups in total. The van der Waals surface area contributed by atoms with E-state index in [9.17, 15) is 9.90 Å². The number of carbonyl (C=O) groups excluding carboxylic acids is 1. The van der Waals surface area contributed by atoms with Gasteiger partial charge < -0.3 is 5.11 Å². The van der Waals surface area contributed by atoms with Crippen LogP contribution in [-0.2, 0) is 4.79 Å². The van der Waals surface area contributed by atoms with Gasteiger partial charge in [0.2, 0.25) is 0 Å². The molecule has 1 atom stereocenters. The molecule has 2 nitrogen and oxygen atoms in total. The van der Waals surface area contributed by atoms with E-state index in [1.165, 1.54) is 13.0 Å². The molecule has 0 aliphatic rings. The van der Waals surface area contributed by atoms with Crippen molar-refractivity contribution < 1.29 is 9.90 Å². The van der Waals surface area contributed by atoms with Crippen LogP contribution in [0.4, 0.5) is 0 Å². The first-order valence-electron chi connectivity index (χ1n) is 4.67. The molecule has 0 aromatic heterocycles. The second-order valence-electron chi connectivity index (χ2n) is 3.39. The lowest BCUT2D eigenvalue weighted by molar-refractivity contribution is -0.112. The molecule has 0 heterocycles. The summed E-state index contributed by atoms with van der Waals surface area (Å²) in [7, 11) is 0. The summed E-state index contributed by atoms with van der Waals surface area (Å²) in [5.41, 5.74) is 1.51. The molecule has 0 aliphatic carbocycles. The van der Waals surface area contributed by atoms with Gasteiger partial charge in [0.05, 0.1) is 6.10 Å². The number of allylic oxidation sites excluding steroid dienone is 1. The fourth-order valence-electron chi connectivity index (χ4n) is 1.31. The highest BCUT2D eigenvalue weighted by Gasteiger charge is 2.08. The lowest BCUT2D eigenvalue weighted by Gasteiger charge is -2.10. The molecule has 0 amide bonds. The fraction of sp³-hybridized carbons (Fsp3) is 0.250. The highest BCUT2D eigenvalue weighted by atomic mass is 79.9. The van der Waals surface area contributed by atoms with Crippen LogP contribution in [0.2, 0.25) is 0 Å². The van der Waals surface area contributed by atoms with E-state index in [2.05, 4.69) is 15.9 Å². The van der Waals surface area contributed by atoms with Gasteiger partial charge in [0, 0.05) is 4.47 Å². The van der Waals surface area contributed by atoms with Crippen molar-refractivity contribution in [3.63, 3.8) is 0 Å². The average Bonchev–Trinajstić information content (AvgIpc) is 2.15. The van der Waals surface area contributed by atoms with E-state index in [-0.39, 0.29) is 5.78 Å². The number of hydrogen-bond donors (Lipinski definition) is 1. The third kappa shape index (κ3) is 3.61. The predicted octanol–water partition coefficient (Wildman–Crippen LogP) is 2.80. The topological polar surface area (TPSA) is 37.3 Å². The van der Waals surface area contributed by atoms with Crippen molar-refractivity contribution >= 4 is 27.3 Å². The van der Waals surface area contributed by atoms with Crippen LogP contribution in [0, 0.1) is 0 Å². The number of halogens is 1. The van der Waals surface area contributed by atoms with E-state index in [0.29, 0.717) is 5.57 Å². The van der Waals surface area contributed by atoms with Gasteiger partial charge in [-0.25, -0.2) is 0 Å². The quantitative estimate of drug-likeness (QED) is 0.857. The number of rotatable bonds is 3. The van der Waals surface area contributed by atoms with Crippen molar-refractivity contribution in [2.45, 2.75) is 20.0 Å². The van der Waals surface area contributed by atoms with Crippen LogP contribution < -0.4 is 0 Å². The number of benzene rings is 1. The summed E-state index contributed by atoms with van der Waals surface area (Å²) >= 11 is 3.33. The van der Waals surface area contributed by atoms with Gasteiger partial charge >= 0.3 is 0 Å². The number of aliphatic hydroxyl groups excluding tert-OH is 1. The smallest absolute Gasteiger partial charge is 0.153 e. The summed E-state index contributed by atoms with van der Waals surface area (Å²) in [6, 6.07) is 7.49. The first kappa shape index (κ1) is 12.1. The third-order valence-electron chi connectivity index (χ3n) is 1.99. The number of carbonyl (C=O) groups is 1. The first-order chi connectivity index (χ1) is 7.00. The maximum Gasteiger partial charge on any atom is 0.153 e. The third-order valence-corrected chi connectivity index (χ3v) is 2.52. The molecule has 0 spiro atoms. The van der Waals surface area contributed by atoms with Crippen LogP contribution in [0.25, 0.3) is 5.57 Å². The minimum Gasteiger partial charge on any atom is -0.389 e. The van der Waals surface area contributed by atoms with Gasteiger partial charge in [0.15, 0.2) is 5.78 Å². The van der Waals surface area contributed by atoms with Crippen LogP contribution in [-0.4, -0.2) is 17.0 Å². The normalized spacial score (nSPS) is 13.7. The number of hydrogen-bond acceptors (Lipinski definition) is 2. The minimum atomic E-state index is -0.643. The molecule has 3 heteroatoms. The molecule has 1 rings (SSSR count). The minimum absolute atomic E-state index is 0.0613. The molecule has 1 aromatic carbocycles. The van der Waals surface area contributed by atoms with E-state index in [0.717, 1.165) is 10.0 Å². The van der Waals surface area contributed by atoms with Crippen LogP contribution >= 0.6 is 15.9 Å². The summed E-state index contributed by atoms with van der Waals surface area (Å²) in [4.78, 5) is 11.0. The van der Waals surface area contributed by atoms with E-state index < -0.39 is 6.10 Å². The Morgan fingerprint density at radius 1 is 1.40 bits per heavy atom. The maximum atomic E-state index is 11.0. The second-order valence-corrected chi connectivity index (χ2v) is 4.31. The lowest BCUT2D eigenvalue weighted by atomic mass is 10.0. The Morgan fingerprint density at radius 3 is 2.33 bits per heavy atom. The van der Waals surface area contributed by atoms with Crippen LogP contribution in [0.5, 0.6) is 0 Å². The summed E-state index contributed by atoms with van der Waals surface area (Å²) in [5, 5.41) is 9.55. The molecular formula is C12H13BrO2. The zero-order chi connectivity index (χ0) is 11.4. The van der Waals surface area contributed by atoms with Crippen molar-refractivity contribution in [3.8, 4) is 0 Å². The maximum absolute atomic E-state index is 11.0. The zero-order valence-electron chi connectivity index (χ0n) is 8.70. The fourth-order valence-corrected chi connectivity index (χ4v) is 1.57. The summed E-state index contributed by atoms with van der Waals surface area (Å²) in [6.07, 6.45) is 0.823. The second kappa shape index (κ2) is 5.24. The molecular weight excluding hydrogens is 256 g/mol. The first-order valence-corrected chi connectivity index (χ1v) is 5.46. The lowest BCUT2D eigenvalue weighted by Crippen LogP contribution is -2.05. The Bertz CT molecular complexity index is 377. The van der Waals surface area contributed by atoms with Crippen LogP contribution in [0.3, 0.4) is 0 Å². The molecule has 0 saturated heterocycles. The Kier molecular flexibility index (Phi) is 4.24. The molecule has 0 radical (unpaired) electrons. The summed E-state index contributed by atoms with van der Waals surface area (Å²) < 4.78 is 0.971. The van der Waals surface area contributed by atoms with Gasteiger partial charge in [-0.15, -0.1) is 0 Å². The van der Waals surface area contributed by atoms with E-state index in [4.69, 9.17) is 0 Å². The zero-order valence-corrected chi connectivity index (χ0v) is 10.3. The largest absolute Gasteiger partial charge is 0.389 e. The Morgan fingerprint density at radius 2 is 1.93 bits per heavy atom. The van der Waals surface area contributed by atoms with Gasteiger partial charge in [-0.3, -0.25) is 4.79 Å². The Labute approximate surface area is 97.8 Å². The molecule has 0 aliphatic heterocycles. The molecule has 0 saturated carbocycles. The van der Waals surface area contributed by atoms with Crippen molar-refractivity contribution in [1.82, 2.24) is 0 Å². The SMILES string of the molecule is CC(=O)/C=C(/c1ccc(Br)cc1)C(C)O. The van der Waals surface area contributed by atoms with Gasteiger partial charge in [0.25, 0.3) is 0 Å². The predicted molar refractivity (Wildman–Crippen MR) is 64.5 cm³/mol. The molecule has 80 valence electrons. The van der Waals surface area contributed by atoms with E-state index >= 15 is 0 Å². The van der Waals surface area contributed by atoms with Gasteiger partial charge in [-0.05, 0) is 43.2 Å². The highest BCUT2D eigenvalue weighted by Crippen LogP contribution is 2.20. The van der Waals surface area contributed by atoms with Gasteiger partial charge in [-0.1, -0.05) is 28.1 Å². The van der Waals surface area contributed by atoms with Crippen LogP contribution in [0.1, 0.15) is 19.4 Å². The van der Waals surface area contributed by atoms with Crippen molar-refractivity contribution in [2.75, 3.05) is 0 Å². The summed E-state index contributed by atoms with van der Waals surface area (Å²) in [5.74, 6) is -0.0613. The summed E-state index contributed by atoms with van der Waals surface area (Å²) in [6.45, 7) is 3.12. The molecule has 0 fully saturated rings. The monoisotopic (exact) mass is 268 g/mol. The number of aliphatic hydroxyl groups is 1. The number of ketones is 1. The van der Waals surface area contributed by atoms with Crippen LogP contribution in [0.15, 0.2) is 34.8 Å². The van der Waals surface area contributed by atoms with Crippen molar-refractivity contribution in [3.05, 3.63) is 40.4 Å². The molecule has 1 unspecified atom stereocenters. The van der Waals surface area contributed by atoms with E-state index in [1.807, 2.05) is 24.3 Å². The molecule has 0 bridgehead atoms. The molecule has 1 aromatic rings. The average molecular weight is 269 g/mol.